The second-order valence-corrected chi connectivity index (χ2v) is 15.8. The van der Waals surface area contributed by atoms with Gasteiger partial charge in [-0.05, 0) is 29.7 Å². The van der Waals surface area contributed by atoms with E-state index in [2.05, 4.69) is 19.9 Å². The third-order valence-electron chi connectivity index (χ3n) is 7.42. The van der Waals surface area contributed by atoms with E-state index in [-0.39, 0.29) is 17.1 Å². The number of nitrogen functional groups attached to an aromatic ring is 1. The van der Waals surface area contributed by atoms with Gasteiger partial charge in [0.2, 0.25) is 5.95 Å². The van der Waals surface area contributed by atoms with Crippen LogP contribution in [0, 0.1) is 0 Å². The first-order chi connectivity index (χ1) is 21.3. The maximum Gasteiger partial charge on any atom is 0.336 e. The van der Waals surface area contributed by atoms with Gasteiger partial charge in [0.1, 0.15) is 42.3 Å². The highest BCUT2D eigenvalue weighted by molar-refractivity contribution is 8.07. The van der Waals surface area contributed by atoms with Gasteiger partial charge in [-0.2, -0.15) is 4.98 Å². The van der Waals surface area contributed by atoms with Crippen LogP contribution in [0.5, 0.6) is 0 Å². The van der Waals surface area contributed by atoms with Crippen LogP contribution in [0.15, 0.2) is 40.6 Å². The molecular formula is C21H24N8O12P2S2. The van der Waals surface area contributed by atoms with Crippen molar-refractivity contribution in [2.45, 2.75) is 49.1 Å². The number of anilines is 1. The van der Waals surface area contributed by atoms with Crippen LogP contribution in [0.2, 0.25) is 0 Å². The van der Waals surface area contributed by atoms with E-state index in [4.69, 9.17) is 56.9 Å². The summed E-state index contributed by atoms with van der Waals surface area (Å²) in [5, 5.41) is 22.4. The van der Waals surface area contributed by atoms with Crippen molar-refractivity contribution in [3.8, 4) is 0 Å². The molecule has 0 radical (unpaired) electrons. The zero-order valence-corrected chi connectivity index (χ0v) is 25.9. The van der Waals surface area contributed by atoms with E-state index in [9.17, 15) is 29.6 Å². The number of H-pyrrole nitrogens is 1. The van der Waals surface area contributed by atoms with E-state index in [1.54, 1.807) is 0 Å². The van der Waals surface area contributed by atoms with Crippen molar-refractivity contribution < 1.29 is 47.6 Å². The molecule has 0 saturated carbocycles. The normalized spacial score (nSPS) is 37.7. The summed E-state index contributed by atoms with van der Waals surface area (Å²) in [6, 6.07) is 1.52. The van der Waals surface area contributed by atoms with Gasteiger partial charge < -0.3 is 44.3 Å². The molecular weight excluding hydrogens is 682 g/mol. The zero-order valence-electron chi connectivity index (χ0n) is 22.4. The van der Waals surface area contributed by atoms with E-state index >= 15 is 0 Å². The Morgan fingerprint density at radius 1 is 0.933 bits per heavy atom. The maximum absolute atomic E-state index is 13.2. The number of imidazole rings is 2. The Bertz CT molecular complexity index is 2000. The van der Waals surface area contributed by atoms with E-state index < -0.39 is 87.0 Å². The summed E-state index contributed by atoms with van der Waals surface area (Å²) in [5.41, 5.74) is 4.68. The molecule has 3 aliphatic heterocycles. The topological polar surface area (TPSA) is 265 Å². The number of aliphatic hydroxyl groups is 2. The van der Waals surface area contributed by atoms with E-state index in [0.717, 1.165) is 4.57 Å². The Labute approximate surface area is 260 Å². The predicted octanol–water partition coefficient (Wildman–Crippen LogP) is -2.02. The molecule has 45 heavy (non-hydrogen) atoms. The largest absolute Gasteiger partial charge is 0.387 e. The Balaban J connectivity index is 1.21. The van der Waals surface area contributed by atoms with Crippen molar-refractivity contribution in [3.05, 3.63) is 51.8 Å². The molecule has 2 unspecified atom stereocenters. The SMILES string of the molecule is Nc1nc2c(ncn2[C@@H]2O[C@@H]3COP(O)(=S)O[C@@H]4[C@H](O)[C@@H](COP(O)(=S)O[C@H]3[C@H]2O)O[C@H]4n2ccc3nccn3c2=O)c(=O)[nH]1. The number of aromatic amines is 1. The highest BCUT2D eigenvalue weighted by Gasteiger charge is 2.52. The predicted molar refractivity (Wildman–Crippen MR) is 157 cm³/mol. The number of fused-ring (bicyclic) bond motifs is 5. The molecule has 0 aromatic carbocycles. The summed E-state index contributed by atoms with van der Waals surface area (Å²) in [6.45, 7) is -9.60. The number of nitrogens with one attached hydrogen (secondary N) is 1. The van der Waals surface area contributed by atoms with Crippen molar-refractivity contribution >= 4 is 59.8 Å². The molecule has 242 valence electrons. The lowest BCUT2D eigenvalue weighted by atomic mass is 10.1. The zero-order chi connectivity index (χ0) is 31.8. The molecule has 20 nitrogen and oxygen atoms in total. The number of aromatic nitrogens is 7. The summed E-state index contributed by atoms with van der Waals surface area (Å²) >= 11 is 10.4. The van der Waals surface area contributed by atoms with Crippen LogP contribution >= 0.6 is 13.4 Å². The first-order valence-corrected chi connectivity index (χ1v) is 18.3. The Kier molecular flexibility index (Phi) is 7.82. The molecule has 4 aromatic heterocycles. The van der Waals surface area contributed by atoms with Crippen molar-refractivity contribution in [2.75, 3.05) is 18.9 Å². The summed E-state index contributed by atoms with van der Waals surface area (Å²) < 4.78 is 37.8. The smallest absolute Gasteiger partial charge is 0.336 e. The molecule has 0 aliphatic carbocycles. The minimum atomic E-state index is -4.25. The molecule has 7 rings (SSSR count). The quantitative estimate of drug-likeness (QED) is 0.123. The van der Waals surface area contributed by atoms with Crippen LogP contribution in [0.25, 0.3) is 16.8 Å². The average molecular weight is 707 g/mol. The van der Waals surface area contributed by atoms with Crippen LogP contribution in [0.4, 0.5) is 5.95 Å². The number of aliphatic hydroxyl groups excluding tert-OH is 2. The van der Waals surface area contributed by atoms with E-state index in [0.29, 0.717) is 5.65 Å². The van der Waals surface area contributed by atoms with Gasteiger partial charge in [-0.25, -0.2) is 14.8 Å². The molecule has 3 saturated heterocycles. The van der Waals surface area contributed by atoms with Gasteiger partial charge in [-0.1, -0.05) is 0 Å². The fraction of sp³-hybridized carbons (Fsp3) is 0.476. The first-order valence-electron chi connectivity index (χ1n) is 13.1. The molecule has 3 aliphatic rings. The molecule has 3 fully saturated rings. The van der Waals surface area contributed by atoms with Gasteiger partial charge in [0.05, 0.1) is 19.5 Å². The maximum atomic E-state index is 13.2. The fourth-order valence-electron chi connectivity index (χ4n) is 5.37. The molecule has 2 bridgehead atoms. The monoisotopic (exact) mass is 706 g/mol. The fourth-order valence-corrected chi connectivity index (χ4v) is 8.23. The van der Waals surface area contributed by atoms with E-state index in [1.807, 2.05) is 0 Å². The standard InChI is InChI=1S/C21H24N8O12P2S2/c22-20-25-16-11(17(32)26-20)24-7-29(16)18-13(31)14-9(39-18)6-37-43(35,45)41-15-12(30)8(5-36-42(34,44)40-14)38-19(15)28-3-1-10-23-2-4-27(10)21(28)33/h1-4,7-9,12-15,18-19,30-31H,5-6H2,(H,34,44)(H,35,45)(H3,22,25,26,32)/t8-,9-,12-,13-,14-,15-,18-,19-,42?,43?/m1/s1. The van der Waals surface area contributed by atoms with Crippen molar-refractivity contribution in [2.24, 2.45) is 0 Å². The second kappa shape index (κ2) is 11.3. The van der Waals surface area contributed by atoms with Gasteiger partial charge in [-0.15, -0.1) is 0 Å². The lowest BCUT2D eigenvalue weighted by Crippen LogP contribution is -2.38. The Morgan fingerprint density at radius 3 is 2.38 bits per heavy atom. The van der Waals surface area contributed by atoms with Crippen LogP contribution in [-0.2, 0) is 51.2 Å². The van der Waals surface area contributed by atoms with Crippen molar-refractivity contribution in [1.82, 2.24) is 33.5 Å². The second-order valence-electron chi connectivity index (χ2n) is 10.2. The molecule has 10 atom stereocenters. The number of hydrogen-bond acceptors (Lipinski definition) is 16. The van der Waals surface area contributed by atoms with Crippen LogP contribution < -0.4 is 17.0 Å². The van der Waals surface area contributed by atoms with Crippen molar-refractivity contribution in [1.29, 1.82) is 0 Å². The highest BCUT2D eigenvalue weighted by Crippen LogP contribution is 2.53. The summed E-state index contributed by atoms with van der Waals surface area (Å²) in [7, 11) is 0. The third-order valence-corrected chi connectivity index (χ3v) is 10.5. The number of hydrogen-bond donors (Lipinski definition) is 6. The summed E-state index contributed by atoms with van der Waals surface area (Å²) in [4.78, 5) is 61.9. The third kappa shape index (κ3) is 5.59. The molecule has 4 aromatic rings. The number of ether oxygens (including phenoxy) is 2. The summed E-state index contributed by atoms with van der Waals surface area (Å²) in [6.07, 6.45) is -5.84. The van der Waals surface area contributed by atoms with Gasteiger partial charge in [-0.3, -0.25) is 32.4 Å². The number of rotatable bonds is 2. The van der Waals surface area contributed by atoms with Crippen LogP contribution in [-0.4, -0.2) is 103 Å². The molecule has 7 heterocycles. The molecule has 0 spiro atoms. The molecule has 24 heteroatoms. The first kappa shape index (κ1) is 31.1. The van der Waals surface area contributed by atoms with Crippen molar-refractivity contribution in [3.63, 3.8) is 0 Å². The van der Waals surface area contributed by atoms with Crippen LogP contribution in [0.3, 0.4) is 0 Å². The minimum absolute atomic E-state index is 0.0248. The summed E-state index contributed by atoms with van der Waals surface area (Å²) in [5.74, 6) is -0.217. The van der Waals surface area contributed by atoms with Gasteiger partial charge in [0.15, 0.2) is 23.6 Å². The Morgan fingerprint density at radius 2 is 1.62 bits per heavy atom. The Hall–Kier alpha value is -2.53. The number of nitrogens with two attached hydrogens (primary N) is 1. The van der Waals surface area contributed by atoms with Gasteiger partial charge in [0, 0.05) is 18.6 Å². The minimum Gasteiger partial charge on any atom is -0.387 e. The highest BCUT2D eigenvalue weighted by atomic mass is 32.5. The molecule has 0 amide bonds. The molecule has 7 N–H and O–H groups in total. The average Bonchev–Trinajstić information content (AvgIpc) is 3.74. The van der Waals surface area contributed by atoms with Gasteiger partial charge in [0.25, 0.3) is 5.56 Å². The number of nitrogens with zero attached hydrogens (tertiary/aromatic N) is 6. The lowest BCUT2D eigenvalue weighted by Gasteiger charge is -2.28. The van der Waals surface area contributed by atoms with E-state index in [1.165, 1.54) is 40.0 Å². The van der Waals surface area contributed by atoms with Crippen LogP contribution in [0.1, 0.15) is 12.5 Å². The van der Waals surface area contributed by atoms with Gasteiger partial charge >= 0.3 is 19.1 Å². The lowest BCUT2D eigenvalue weighted by molar-refractivity contribution is -0.0629.